The van der Waals surface area contributed by atoms with E-state index in [1.807, 2.05) is 0 Å². The molecule has 58 valence electrons. The van der Waals surface area contributed by atoms with Crippen LogP contribution in [-0.2, 0) is 4.79 Å². The molecule has 0 atom stereocenters. The molecular formula is C9H11NO. The quantitative estimate of drug-likeness (QED) is 0.555. The zero-order valence-electron chi connectivity index (χ0n) is 6.61. The van der Waals surface area contributed by atoms with Crippen molar-refractivity contribution in [1.82, 2.24) is 5.32 Å². The summed E-state index contributed by atoms with van der Waals surface area (Å²) < 4.78 is 0. The number of hydrogen-bond acceptors (Lipinski definition) is 1. The van der Waals surface area contributed by atoms with Crippen molar-refractivity contribution in [1.29, 1.82) is 0 Å². The maximum Gasteiger partial charge on any atom is 0.228 e. The van der Waals surface area contributed by atoms with Crippen LogP contribution in [0.25, 0.3) is 0 Å². The van der Waals surface area contributed by atoms with E-state index in [1.165, 1.54) is 11.1 Å². The molecule has 0 saturated heterocycles. The van der Waals surface area contributed by atoms with Gasteiger partial charge in [0.05, 0.1) is 6.42 Å². The molecule has 1 heterocycles. The topological polar surface area (TPSA) is 29.1 Å². The average Bonchev–Trinajstić information content (AvgIpc) is 2.27. The van der Waals surface area contributed by atoms with Gasteiger partial charge in [-0.2, -0.15) is 0 Å². The SMILES string of the molecule is CC1=CC2=C(CC1)NC(=O)C2. The Labute approximate surface area is 66.0 Å². The molecule has 0 bridgehead atoms. The Morgan fingerprint density at radius 3 is 3.09 bits per heavy atom. The van der Waals surface area contributed by atoms with Crippen molar-refractivity contribution in [2.24, 2.45) is 0 Å². The normalized spacial score (nSPS) is 23.0. The Morgan fingerprint density at radius 1 is 1.45 bits per heavy atom. The molecule has 1 aliphatic carbocycles. The van der Waals surface area contributed by atoms with Crippen molar-refractivity contribution >= 4 is 5.91 Å². The fraction of sp³-hybridized carbons (Fsp3) is 0.444. The van der Waals surface area contributed by atoms with E-state index in [-0.39, 0.29) is 5.91 Å². The predicted molar refractivity (Wildman–Crippen MR) is 42.8 cm³/mol. The van der Waals surface area contributed by atoms with Gasteiger partial charge >= 0.3 is 0 Å². The molecule has 0 spiro atoms. The first-order valence-corrected chi connectivity index (χ1v) is 3.95. The number of nitrogens with one attached hydrogen (secondary N) is 1. The van der Waals surface area contributed by atoms with Gasteiger partial charge < -0.3 is 5.32 Å². The van der Waals surface area contributed by atoms with E-state index >= 15 is 0 Å². The van der Waals surface area contributed by atoms with Crippen LogP contribution in [0.2, 0.25) is 0 Å². The van der Waals surface area contributed by atoms with Crippen LogP contribution < -0.4 is 5.32 Å². The summed E-state index contributed by atoms with van der Waals surface area (Å²) in [6, 6.07) is 0. The molecule has 0 unspecified atom stereocenters. The van der Waals surface area contributed by atoms with Crippen molar-refractivity contribution in [3.8, 4) is 0 Å². The lowest BCUT2D eigenvalue weighted by molar-refractivity contribution is -0.118. The smallest absolute Gasteiger partial charge is 0.228 e. The molecule has 0 aromatic rings. The van der Waals surface area contributed by atoms with Gasteiger partial charge in [-0.1, -0.05) is 11.6 Å². The average molecular weight is 149 g/mol. The first-order chi connectivity index (χ1) is 5.25. The fourth-order valence-corrected chi connectivity index (χ4v) is 1.63. The van der Waals surface area contributed by atoms with Gasteiger partial charge in [-0.25, -0.2) is 0 Å². The van der Waals surface area contributed by atoms with Crippen molar-refractivity contribution in [2.45, 2.75) is 26.2 Å². The van der Waals surface area contributed by atoms with Crippen LogP contribution in [0.1, 0.15) is 26.2 Å². The Balaban J connectivity index is 2.30. The van der Waals surface area contributed by atoms with E-state index < -0.39 is 0 Å². The molecule has 0 saturated carbocycles. The van der Waals surface area contributed by atoms with E-state index in [0.717, 1.165) is 18.5 Å². The van der Waals surface area contributed by atoms with Crippen molar-refractivity contribution in [2.75, 3.05) is 0 Å². The van der Waals surface area contributed by atoms with E-state index in [1.54, 1.807) is 0 Å². The molecule has 1 N–H and O–H groups in total. The lowest BCUT2D eigenvalue weighted by Gasteiger charge is -2.10. The van der Waals surface area contributed by atoms with Gasteiger partial charge in [-0.3, -0.25) is 4.79 Å². The summed E-state index contributed by atoms with van der Waals surface area (Å²) in [6.07, 6.45) is 4.84. The third-order valence-electron chi connectivity index (χ3n) is 2.22. The van der Waals surface area contributed by atoms with Gasteiger partial charge in [0.15, 0.2) is 0 Å². The van der Waals surface area contributed by atoms with Crippen LogP contribution in [0, 0.1) is 0 Å². The highest BCUT2D eigenvalue weighted by Crippen LogP contribution is 2.27. The molecule has 0 aromatic heterocycles. The van der Waals surface area contributed by atoms with E-state index in [0.29, 0.717) is 6.42 Å². The number of hydrogen-bond donors (Lipinski definition) is 1. The maximum atomic E-state index is 10.9. The zero-order valence-corrected chi connectivity index (χ0v) is 6.61. The van der Waals surface area contributed by atoms with Crippen LogP contribution in [0.5, 0.6) is 0 Å². The summed E-state index contributed by atoms with van der Waals surface area (Å²) in [5.74, 6) is 0.154. The molecule has 2 rings (SSSR count). The molecular weight excluding hydrogens is 138 g/mol. The highest BCUT2D eigenvalue weighted by atomic mass is 16.1. The summed E-state index contributed by atoms with van der Waals surface area (Å²) in [5.41, 5.74) is 3.75. The van der Waals surface area contributed by atoms with E-state index in [4.69, 9.17) is 0 Å². The minimum absolute atomic E-state index is 0.154. The molecule has 11 heavy (non-hydrogen) atoms. The first kappa shape index (κ1) is 6.65. The van der Waals surface area contributed by atoms with Gasteiger partial charge in [0, 0.05) is 5.70 Å². The second kappa shape index (κ2) is 2.22. The van der Waals surface area contributed by atoms with Crippen molar-refractivity contribution < 1.29 is 4.79 Å². The highest BCUT2D eigenvalue weighted by molar-refractivity contribution is 5.85. The van der Waals surface area contributed by atoms with Gasteiger partial charge in [0.25, 0.3) is 0 Å². The Bertz CT molecular complexity index is 273. The predicted octanol–water partition coefficient (Wildman–Crippen LogP) is 1.50. The molecule has 0 fully saturated rings. The lowest BCUT2D eigenvalue weighted by Crippen LogP contribution is -2.15. The van der Waals surface area contributed by atoms with Crippen LogP contribution in [-0.4, -0.2) is 5.91 Å². The number of carbonyl (C=O) groups excluding carboxylic acids is 1. The molecule has 0 aromatic carbocycles. The number of allylic oxidation sites excluding steroid dienone is 3. The summed E-state index contributed by atoms with van der Waals surface area (Å²) in [5, 5.41) is 2.87. The standard InChI is InChI=1S/C9H11NO/c1-6-2-3-8-7(4-6)5-9(11)10-8/h4H,2-3,5H2,1H3,(H,10,11). The van der Waals surface area contributed by atoms with Gasteiger partial charge in [-0.15, -0.1) is 0 Å². The van der Waals surface area contributed by atoms with Crippen LogP contribution in [0.3, 0.4) is 0 Å². The van der Waals surface area contributed by atoms with E-state index in [2.05, 4.69) is 18.3 Å². The Morgan fingerprint density at radius 2 is 2.27 bits per heavy atom. The summed E-state index contributed by atoms with van der Waals surface area (Å²) in [6.45, 7) is 2.12. The molecule has 0 radical (unpaired) electrons. The highest BCUT2D eigenvalue weighted by Gasteiger charge is 2.21. The Kier molecular flexibility index (Phi) is 1.34. The molecule has 2 heteroatoms. The summed E-state index contributed by atoms with van der Waals surface area (Å²) >= 11 is 0. The van der Waals surface area contributed by atoms with Crippen LogP contribution in [0.4, 0.5) is 0 Å². The molecule has 1 aliphatic heterocycles. The molecule has 2 nitrogen and oxygen atoms in total. The van der Waals surface area contributed by atoms with Crippen LogP contribution in [0.15, 0.2) is 22.9 Å². The first-order valence-electron chi connectivity index (χ1n) is 3.95. The number of carbonyl (C=O) groups is 1. The number of rotatable bonds is 0. The number of amides is 1. The minimum Gasteiger partial charge on any atom is -0.329 e. The Hall–Kier alpha value is -1.05. The van der Waals surface area contributed by atoms with Crippen LogP contribution >= 0.6 is 0 Å². The minimum atomic E-state index is 0.154. The lowest BCUT2D eigenvalue weighted by atomic mass is 9.98. The third kappa shape index (κ3) is 1.09. The monoisotopic (exact) mass is 149 g/mol. The van der Waals surface area contributed by atoms with E-state index in [9.17, 15) is 4.79 Å². The second-order valence-corrected chi connectivity index (χ2v) is 3.22. The largest absolute Gasteiger partial charge is 0.329 e. The van der Waals surface area contributed by atoms with Gasteiger partial charge in [-0.05, 0) is 25.3 Å². The third-order valence-corrected chi connectivity index (χ3v) is 2.22. The fourth-order valence-electron chi connectivity index (χ4n) is 1.63. The molecule has 2 aliphatic rings. The van der Waals surface area contributed by atoms with Gasteiger partial charge in [0.2, 0.25) is 5.91 Å². The summed E-state index contributed by atoms with van der Waals surface area (Å²) in [4.78, 5) is 10.9. The maximum absolute atomic E-state index is 10.9. The van der Waals surface area contributed by atoms with Crippen molar-refractivity contribution in [3.63, 3.8) is 0 Å². The second-order valence-electron chi connectivity index (χ2n) is 3.22. The zero-order chi connectivity index (χ0) is 7.84. The van der Waals surface area contributed by atoms with Crippen molar-refractivity contribution in [3.05, 3.63) is 22.9 Å². The molecule has 1 amide bonds. The summed E-state index contributed by atoms with van der Waals surface area (Å²) in [7, 11) is 0. The van der Waals surface area contributed by atoms with Gasteiger partial charge in [0.1, 0.15) is 0 Å².